The Kier molecular flexibility index (Phi) is 3.19. The fraction of sp³-hybridized carbons (Fsp3) is 0.786. The van der Waals surface area contributed by atoms with E-state index in [-0.39, 0.29) is 0 Å². The molecule has 1 aromatic heterocycles. The molecule has 7 heteroatoms. The number of aromatic nitrogens is 3. The fourth-order valence-corrected chi connectivity index (χ4v) is 3.38. The molecule has 3 fully saturated rings. The van der Waals surface area contributed by atoms with Gasteiger partial charge in [0.1, 0.15) is 5.82 Å². The highest BCUT2D eigenvalue weighted by atomic mass is 16.5. The molecule has 3 aliphatic heterocycles. The van der Waals surface area contributed by atoms with Crippen molar-refractivity contribution in [2.75, 3.05) is 42.7 Å². The van der Waals surface area contributed by atoms with Crippen LogP contribution >= 0.6 is 0 Å². The molecule has 3 aliphatic rings. The third kappa shape index (κ3) is 2.34. The van der Waals surface area contributed by atoms with Crippen molar-refractivity contribution in [1.29, 1.82) is 0 Å². The van der Waals surface area contributed by atoms with Crippen molar-refractivity contribution < 1.29 is 9.47 Å². The highest BCUT2D eigenvalue weighted by Crippen LogP contribution is 2.31. The van der Waals surface area contributed by atoms with Gasteiger partial charge in [0.15, 0.2) is 0 Å². The summed E-state index contributed by atoms with van der Waals surface area (Å²) in [6.45, 7) is 8.05. The van der Waals surface area contributed by atoms with E-state index in [0.29, 0.717) is 18.2 Å². The number of rotatable bonds is 2. The molecule has 3 atom stereocenters. The van der Waals surface area contributed by atoms with Crippen LogP contribution in [0.5, 0.6) is 0 Å². The van der Waals surface area contributed by atoms with Crippen molar-refractivity contribution in [1.82, 2.24) is 15.0 Å². The zero-order valence-electron chi connectivity index (χ0n) is 12.5. The predicted octanol–water partition coefficient (Wildman–Crippen LogP) is 0.383. The first-order chi connectivity index (χ1) is 10.2. The number of morpholine rings is 2. The molecule has 4 heterocycles. The van der Waals surface area contributed by atoms with Gasteiger partial charge in [-0.05, 0) is 20.3 Å². The molecular weight excluding hydrogens is 270 g/mol. The predicted molar refractivity (Wildman–Crippen MR) is 77.7 cm³/mol. The summed E-state index contributed by atoms with van der Waals surface area (Å²) in [7, 11) is 0. The highest BCUT2D eigenvalue weighted by molar-refractivity contribution is 5.43. The van der Waals surface area contributed by atoms with Crippen molar-refractivity contribution in [3.63, 3.8) is 0 Å². The summed E-state index contributed by atoms with van der Waals surface area (Å²) in [5.41, 5.74) is 0. The monoisotopic (exact) mass is 291 g/mol. The zero-order chi connectivity index (χ0) is 14.4. The molecule has 0 N–H and O–H groups in total. The average Bonchev–Trinajstić information content (AvgIpc) is 3.10. The van der Waals surface area contributed by atoms with Gasteiger partial charge in [0.05, 0.1) is 38.0 Å². The third-order valence-electron chi connectivity index (χ3n) is 4.51. The molecule has 21 heavy (non-hydrogen) atoms. The van der Waals surface area contributed by atoms with Gasteiger partial charge in [0, 0.05) is 13.1 Å². The molecule has 0 aromatic carbocycles. The summed E-state index contributed by atoms with van der Waals surface area (Å²) < 4.78 is 11.2. The van der Waals surface area contributed by atoms with E-state index in [1.54, 1.807) is 0 Å². The van der Waals surface area contributed by atoms with Crippen LogP contribution in [0.15, 0.2) is 0 Å². The second kappa shape index (κ2) is 5.06. The minimum Gasteiger partial charge on any atom is -0.377 e. The quantitative estimate of drug-likeness (QED) is 0.780. The Hall–Kier alpha value is -1.47. The van der Waals surface area contributed by atoms with E-state index >= 15 is 0 Å². The number of anilines is 2. The van der Waals surface area contributed by atoms with E-state index in [9.17, 15) is 0 Å². The molecule has 3 saturated heterocycles. The summed E-state index contributed by atoms with van der Waals surface area (Å²) in [6.07, 6.45) is 1.44. The van der Waals surface area contributed by atoms with Gasteiger partial charge in [-0.1, -0.05) is 0 Å². The Morgan fingerprint density at radius 1 is 1.10 bits per heavy atom. The maximum absolute atomic E-state index is 5.66. The first kappa shape index (κ1) is 13.2. The molecule has 2 bridgehead atoms. The maximum Gasteiger partial charge on any atom is 0.230 e. The van der Waals surface area contributed by atoms with E-state index in [0.717, 1.165) is 57.1 Å². The van der Waals surface area contributed by atoms with Crippen LogP contribution in [-0.2, 0) is 9.47 Å². The largest absolute Gasteiger partial charge is 0.377 e. The first-order valence-corrected chi connectivity index (χ1v) is 7.66. The van der Waals surface area contributed by atoms with E-state index in [1.165, 1.54) is 0 Å². The third-order valence-corrected chi connectivity index (χ3v) is 4.51. The molecule has 4 rings (SSSR count). The summed E-state index contributed by atoms with van der Waals surface area (Å²) in [4.78, 5) is 18.3. The Bertz CT molecular complexity index is 520. The van der Waals surface area contributed by atoms with Crippen LogP contribution in [0.3, 0.4) is 0 Å². The van der Waals surface area contributed by atoms with E-state index < -0.39 is 0 Å². The van der Waals surface area contributed by atoms with Gasteiger partial charge in [-0.15, -0.1) is 0 Å². The van der Waals surface area contributed by atoms with Crippen LogP contribution in [-0.4, -0.2) is 66.0 Å². The van der Waals surface area contributed by atoms with Crippen LogP contribution < -0.4 is 9.80 Å². The lowest BCUT2D eigenvalue weighted by Crippen LogP contribution is -2.45. The summed E-state index contributed by atoms with van der Waals surface area (Å²) in [6, 6.07) is 0.721. The van der Waals surface area contributed by atoms with Gasteiger partial charge >= 0.3 is 0 Å². The van der Waals surface area contributed by atoms with Gasteiger partial charge in [-0.3, -0.25) is 0 Å². The molecule has 1 aromatic rings. The van der Waals surface area contributed by atoms with Gasteiger partial charge in [-0.2, -0.15) is 15.0 Å². The number of fused-ring (bicyclic) bond motifs is 2. The van der Waals surface area contributed by atoms with Crippen LogP contribution in [0.25, 0.3) is 0 Å². The van der Waals surface area contributed by atoms with Crippen molar-refractivity contribution in [2.45, 2.75) is 38.5 Å². The van der Waals surface area contributed by atoms with Gasteiger partial charge < -0.3 is 19.3 Å². The zero-order valence-corrected chi connectivity index (χ0v) is 12.5. The van der Waals surface area contributed by atoms with Crippen molar-refractivity contribution in [2.24, 2.45) is 0 Å². The lowest BCUT2D eigenvalue weighted by atomic mass is 10.2. The Balaban J connectivity index is 1.63. The van der Waals surface area contributed by atoms with Crippen LogP contribution in [0.2, 0.25) is 0 Å². The van der Waals surface area contributed by atoms with Crippen molar-refractivity contribution in [3.8, 4) is 0 Å². The summed E-state index contributed by atoms with van der Waals surface area (Å²) in [5.74, 6) is 2.35. The van der Waals surface area contributed by atoms with E-state index in [1.807, 2.05) is 6.92 Å². The normalized spacial score (nSPS) is 32.0. The van der Waals surface area contributed by atoms with Gasteiger partial charge in [0.2, 0.25) is 11.9 Å². The van der Waals surface area contributed by atoms with Crippen LogP contribution in [0.1, 0.15) is 19.2 Å². The molecule has 0 saturated carbocycles. The number of aryl methyl sites for hydroxylation is 1. The molecule has 0 spiro atoms. The Morgan fingerprint density at radius 2 is 1.90 bits per heavy atom. The first-order valence-electron chi connectivity index (χ1n) is 7.66. The van der Waals surface area contributed by atoms with Gasteiger partial charge in [0.25, 0.3) is 0 Å². The lowest BCUT2D eigenvalue weighted by Gasteiger charge is -2.34. The average molecular weight is 291 g/mol. The molecule has 0 radical (unpaired) electrons. The fourth-order valence-electron chi connectivity index (χ4n) is 3.38. The number of hydrogen-bond acceptors (Lipinski definition) is 7. The molecule has 0 amide bonds. The topological polar surface area (TPSA) is 63.6 Å². The smallest absolute Gasteiger partial charge is 0.230 e. The van der Waals surface area contributed by atoms with E-state index in [2.05, 4.69) is 26.7 Å². The summed E-state index contributed by atoms with van der Waals surface area (Å²) >= 11 is 0. The molecule has 114 valence electrons. The van der Waals surface area contributed by atoms with Crippen LogP contribution in [0, 0.1) is 6.92 Å². The Morgan fingerprint density at radius 3 is 2.57 bits per heavy atom. The maximum atomic E-state index is 5.66. The number of nitrogens with zero attached hydrogens (tertiary/aromatic N) is 5. The standard InChI is InChI=1S/C14H21N5O2/c1-9-7-20-4-3-18(9)13-15-10(2)16-14(17-13)19-6-12-5-11(19)8-21-12/h9,11-12H,3-8H2,1-2H3/t9-,11-,12-/m1/s1. The van der Waals surface area contributed by atoms with Crippen molar-refractivity contribution in [3.05, 3.63) is 5.82 Å². The molecular formula is C14H21N5O2. The molecule has 0 aliphatic carbocycles. The SMILES string of the molecule is Cc1nc(N2C[C@H]3C[C@@H]2CO3)nc(N2CCOC[C@H]2C)n1. The lowest BCUT2D eigenvalue weighted by molar-refractivity contribution is 0.0974. The second-order valence-corrected chi connectivity index (χ2v) is 6.10. The van der Waals surface area contributed by atoms with Crippen LogP contribution in [0.4, 0.5) is 11.9 Å². The minimum atomic E-state index is 0.298. The number of hydrogen-bond donors (Lipinski definition) is 0. The highest BCUT2D eigenvalue weighted by Gasteiger charge is 2.40. The van der Waals surface area contributed by atoms with E-state index in [4.69, 9.17) is 14.5 Å². The van der Waals surface area contributed by atoms with Gasteiger partial charge in [-0.25, -0.2) is 0 Å². The minimum absolute atomic E-state index is 0.298. The number of ether oxygens (including phenoxy) is 2. The summed E-state index contributed by atoms with van der Waals surface area (Å²) in [5, 5.41) is 0. The Labute approximate surface area is 124 Å². The molecule has 0 unspecified atom stereocenters. The van der Waals surface area contributed by atoms with Crippen molar-refractivity contribution >= 4 is 11.9 Å². The molecule has 7 nitrogen and oxygen atoms in total. The second-order valence-electron chi connectivity index (χ2n) is 6.10.